The molecule has 2 aromatic carbocycles. The highest BCUT2D eigenvalue weighted by Gasteiger charge is 1.96. The zero-order valence-electron chi connectivity index (χ0n) is 12.9. The maximum atomic E-state index is 5.61. The molecule has 1 N–H and O–H groups in total. The predicted octanol–water partition coefficient (Wildman–Crippen LogP) is 4.54. The number of nitrogens with zero attached hydrogens (tertiary/aromatic N) is 1. The molecule has 0 unspecified atom stereocenters. The minimum atomic E-state index is 0.738. The summed E-state index contributed by atoms with van der Waals surface area (Å²) in [6.07, 6.45) is 2.81. The molecule has 0 fully saturated rings. The van der Waals surface area contributed by atoms with Gasteiger partial charge in [-0.3, -0.25) is 5.43 Å². The summed E-state index contributed by atoms with van der Waals surface area (Å²) in [4.78, 5) is 0. The Hall–Kier alpha value is -2.29. The predicted molar refractivity (Wildman–Crippen MR) is 89.4 cm³/mol. The van der Waals surface area contributed by atoms with Crippen molar-refractivity contribution in [1.82, 2.24) is 0 Å². The SMILES string of the molecule is CCCOc1cccc(/C=N/Nc2ccc(C)c(C)c2)c1. The molecule has 0 amide bonds. The number of aryl methyl sites for hydroxylation is 2. The fourth-order valence-electron chi connectivity index (χ4n) is 1.90. The largest absolute Gasteiger partial charge is 0.494 e. The first-order chi connectivity index (χ1) is 10.2. The highest BCUT2D eigenvalue weighted by Crippen LogP contribution is 2.15. The lowest BCUT2D eigenvalue weighted by Crippen LogP contribution is -1.96. The number of hydrogen-bond donors (Lipinski definition) is 1. The zero-order chi connectivity index (χ0) is 15.1. The van der Waals surface area contributed by atoms with E-state index in [-0.39, 0.29) is 0 Å². The van der Waals surface area contributed by atoms with E-state index in [2.05, 4.69) is 43.4 Å². The second kappa shape index (κ2) is 7.48. The highest BCUT2D eigenvalue weighted by molar-refractivity contribution is 5.80. The van der Waals surface area contributed by atoms with Gasteiger partial charge in [-0.1, -0.05) is 25.1 Å². The van der Waals surface area contributed by atoms with Crippen LogP contribution in [-0.2, 0) is 0 Å². The average molecular weight is 282 g/mol. The maximum Gasteiger partial charge on any atom is 0.119 e. The molecule has 110 valence electrons. The molecular formula is C18H22N2O. The number of anilines is 1. The summed E-state index contributed by atoms with van der Waals surface area (Å²) < 4.78 is 5.61. The molecule has 0 radical (unpaired) electrons. The molecule has 0 spiro atoms. The topological polar surface area (TPSA) is 33.6 Å². The van der Waals surface area contributed by atoms with Gasteiger partial charge in [-0.2, -0.15) is 5.10 Å². The zero-order valence-corrected chi connectivity index (χ0v) is 12.9. The molecule has 0 heterocycles. The van der Waals surface area contributed by atoms with Crippen LogP contribution in [0.5, 0.6) is 5.75 Å². The van der Waals surface area contributed by atoms with Gasteiger partial charge in [-0.15, -0.1) is 0 Å². The quantitative estimate of drug-likeness (QED) is 0.623. The molecule has 0 atom stereocenters. The van der Waals surface area contributed by atoms with Crippen LogP contribution in [0.3, 0.4) is 0 Å². The third-order valence-electron chi connectivity index (χ3n) is 3.25. The van der Waals surface area contributed by atoms with Gasteiger partial charge in [0.1, 0.15) is 5.75 Å². The molecule has 0 aliphatic carbocycles. The summed E-state index contributed by atoms with van der Waals surface area (Å²) >= 11 is 0. The van der Waals surface area contributed by atoms with Gasteiger partial charge in [0.15, 0.2) is 0 Å². The number of hydrazone groups is 1. The second-order valence-electron chi connectivity index (χ2n) is 5.09. The lowest BCUT2D eigenvalue weighted by atomic mass is 10.1. The third-order valence-corrected chi connectivity index (χ3v) is 3.25. The van der Waals surface area contributed by atoms with Crippen molar-refractivity contribution in [2.24, 2.45) is 5.10 Å². The van der Waals surface area contributed by atoms with Gasteiger partial charge in [0, 0.05) is 0 Å². The summed E-state index contributed by atoms with van der Waals surface area (Å²) in [5.41, 5.74) is 7.60. The Bertz CT molecular complexity index is 620. The van der Waals surface area contributed by atoms with Gasteiger partial charge < -0.3 is 4.74 Å². The van der Waals surface area contributed by atoms with Crippen LogP contribution < -0.4 is 10.2 Å². The average Bonchev–Trinajstić information content (AvgIpc) is 2.49. The van der Waals surface area contributed by atoms with Crippen molar-refractivity contribution in [3.05, 3.63) is 59.2 Å². The van der Waals surface area contributed by atoms with Gasteiger partial charge >= 0.3 is 0 Å². The molecule has 3 nitrogen and oxygen atoms in total. The molecule has 0 saturated carbocycles. The summed E-state index contributed by atoms with van der Waals surface area (Å²) in [5.74, 6) is 0.881. The van der Waals surface area contributed by atoms with Gasteiger partial charge in [0.25, 0.3) is 0 Å². The summed E-state index contributed by atoms with van der Waals surface area (Å²) in [5, 5.41) is 4.27. The lowest BCUT2D eigenvalue weighted by Gasteiger charge is -2.05. The van der Waals surface area contributed by atoms with Crippen molar-refractivity contribution in [3.63, 3.8) is 0 Å². The van der Waals surface area contributed by atoms with Crippen LogP contribution in [-0.4, -0.2) is 12.8 Å². The first-order valence-electron chi connectivity index (χ1n) is 7.28. The van der Waals surface area contributed by atoms with E-state index in [1.807, 2.05) is 30.3 Å². The Morgan fingerprint density at radius 3 is 2.71 bits per heavy atom. The van der Waals surface area contributed by atoms with E-state index in [1.54, 1.807) is 6.21 Å². The van der Waals surface area contributed by atoms with E-state index in [0.29, 0.717) is 0 Å². The van der Waals surface area contributed by atoms with Crippen molar-refractivity contribution < 1.29 is 4.74 Å². The molecule has 3 heteroatoms. The van der Waals surface area contributed by atoms with E-state index < -0.39 is 0 Å². The van der Waals surface area contributed by atoms with Crippen molar-refractivity contribution in [2.45, 2.75) is 27.2 Å². The van der Waals surface area contributed by atoms with Crippen molar-refractivity contribution in [1.29, 1.82) is 0 Å². The molecule has 2 rings (SSSR count). The maximum absolute atomic E-state index is 5.61. The minimum absolute atomic E-state index is 0.738. The standard InChI is InChI=1S/C18H22N2O/c1-4-10-21-18-7-5-6-16(12-18)13-19-20-17-9-8-14(2)15(3)11-17/h5-9,11-13,20H,4,10H2,1-3H3/b19-13+. The van der Waals surface area contributed by atoms with Crippen LogP contribution in [0, 0.1) is 13.8 Å². The van der Waals surface area contributed by atoms with E-state index in [1.165, 1.54) is 11.1 Å². The lowest BCUT2D eigenvalue weighted by molar-refractivity contribution is 0.317. The Labute approximate surface area is 126 Å². The van der Waals surface area contributed by atoms with Crippen LogP contribution >= 0.6 is 0 Å². The van der Waals surface area contributed by atoms with Gasteiger partial charge in [-0.25, -0.2) is 0 Å². The smallest absolute Gasteiger partial charge is 0.119 e. The van der Waals surface area contributed by atoms with Crippen LogP contribution in [0.2, 0.25) is 0 Å². The Kier molecular flexibility index (Phi) is 5.38. The Morgan fingerprint density at radius 1 is 1.10 bits per heavy atom. The van der Waals surface area contributed by atoms with Gasteiger partial charge in [-0.05, 0) is 61.2 Å². The second-order valence-corrected chi connectivity index (χ2v) is 5.09. The molecular weight excluding hydrogens is 260 g/mol. The monoisotopic (exact) mass is 282 g/mol. The highest BCUT2D eigenvalue weighted by atomic mass is 16.5. The van der Waals surface area contributed by atoms with Crippen LogP contribution in [0.15, 0.2) is 47.6 Å². The fraction of sp³-hybridized carbons (Fsp3) is 0.278. The number of rotatable bonds is 6. The van der Waals surface area contributed by atoms with E-state index in [0.717, 1.165) is 30.0 Å². The first-order valence-corrected chi connectivity index (χ1v) is 7.28. The molecule has 0 bridgehead atoms. The van der Waals surface area contributed by atoms with E-state index in [4.69, 9.17) is 4.74 Å². The molecule has 21 heavy (non-hydrogen) atoms. The Balaban J connectivity index is 1.98. The summed E-state index contributed by atoms with van der Waals surface area (Å²) in [6, 6.07) is 14.1. The summed E-state index contributed by atoms with van der Waals surface area (Å²) in [6.45, 7) is 7.03. The van der Waals surface area contributed by atoms with Gasteiger partial charge in [0.2, 0.25) is 0 Å². The van der Waals surface area contributed by atoms with Crippen molar-refractivity contribution in [3.8, 4) is 5.75 Å². The van der Waals surface area contributed by atoms with E-state index in [9.17, 15) is 0 Å². The minimum Gasteiger partial charge on any atom is -0.494 e. The summed E-state index contributed by atoms with van der Waals surface area (Å²) in [7, 11) is 0. The van der Waals surface area contributed by atoms with Gasteiger partial charge in [0.05, 0.1) is 18.5 Å². The number of nitrogens with one attached hydrogen (secondary N) is 1. The van der Waals surface area contributed by atoms with Crippen molar-refractivity contribution >= 4 is 11.9 Å². The van der Waals surface area contributed by atoms with Crippen LogP contribution in [0.4, 0.5) is 5.69 Å². The fourth-order valence-corrected chi connectivity index (χ4v) is 1.90. The van der Waals surface area contributed by atoms with Crippen molar-refractivity contribution in [2.75, 3.05) is 12.0 Å². The Morgan fingerprint density at radius 2 is 1.95 bits per heavy atom. The molecule has 0 aromatic heterocycles. The molecule has 0 aliphatic rings. The van der Waals surface area contributed by atoms with E-state index >= 15 is 0 Å². The number of hydrogen-bond acceptors (Lipinski definition) is 3. The molecule has 2 aromatic rings. The number of ether oxygens (including phenoxy) is 1. The van der Waals surface area contributed by atoms with Crippen LogP contribution in [0.25, 0.3) is 0 Å². The molecule has 0 aliphatic heterocycles. The number of benzene rings is 2. The normalized spacial score (nSPS) is 10.8. The third kappa shape index (κ3) is 4.63. The first kappa shape index (κ1) is 15.1. The van der Waals surface area contributed by atoms with Crippen LogP contribution in [0.1, 0.15) is 30.0 Å². The molecule has 0 saturated heterocycles.